The van der Waals surface area contributed by atoms with Crippen LogP contribution in [0, 0.1) is 0 Å². The van der Waals surface area contributed by atoms with Crippen LogP contribution in [0.25, 0.3) is 140 Å². The number of esters is 3. The summed E-state index contributed by atoms with van der Waals surface area (Å²) < 4.78 is 16.6. The van der Waals surface area contributed by atoms with Gasteiger partial charge in [-0.25, -0.2) is 0 Å². The molecule has 3 amide bonds. The van der Waals surface area contributed by atoms with Crippen molar-refractivity contribution in [1.82, 2.24) is 16.0 Å². The topological polar surface area (TPSA) is 166 Å². The third kappa shape index (κ3) is 22.8. The molecule has 0 aliphatic rings. The summed E-state index contributed by atoms with van der Waals surface area (Å²) in [6.45, 7) is 3.83. The van der Waals surface area contributed by atoms with Crippen LogP contribution >= 0.6 is 37.9 Å². The molecule has 0 bridgehead atoms. The van der Waals surface area contributed by atoms with Gasteiger partial charge in [-0.3, -0.25) is 28.8 Å². The van der Waals surface area contributed by atoms with Crippen LogP contribution in [-0.2, 0) is 62.2 Å². The maximum absolute atomic E-state index is 12.6. The highest BCUT2D eigenvalue weighted by Crippen LogP contribution is 2.50. The van der Waals surface area contributed by atoms with E-state index in [-0.39, 0.29) is 35.6 Å². The van der Waals surface area contributed by atoms with E-state index in [0.29, 0.717) is 75.6 Å². The predicted molar refractivity (Wildman–Crippen MR) is 526 cm³/mol. The van der Waals surface area contributed by atoms with Gasteiger partial charge in [-0.15, -0.1) is 0 Å². The van der Waals surface area contributed by atoms with E-state index in [1.54, 1.807) is 0 Å². The Balaban J connectivity index is 0.000000151. The Labute approximate surface area is 740 Å². The molecular weight excluding hydrogens is 1580 g/mol. The first-order chi connectivity index (χ1) is 60.5. The minimum atomic E-state index is -0.0895. The van der Waals surface area contributed by atoms with E-state index in [4.69, 9.17) is 14.2 Å². The molecular formula is C108H121N3O9S3. The SMILES string of the molecule is O=C(CCS)NCCCCCCCCCOC(=O)CCCc1cc2ccc3ccc4ccc5ccc6ccc1c1c6c5c4c3c21.O=C(CCS)NCCCCCCCCCOC(=O)CCCc1ccc2c3cccc4cccc(c5cccc1c52)c43.O=C(CCS)NCCCCCCCCCOC(=O)CCCc1ccc2ccc3cccc4ccc1c2c34. The Hall–Kier alpha value is -9.93. The van der Waals surface area contributed by atoms with E-state index in [1.807, 2.05) is 0 Å². The summed E-state index contributed by atoms with van der Waals surface area (Å²) in [4.78, 5) is 71.4. The molecule has 0 aliphatic heterocycles. The number of aryl methyl sites for hydroxylation is 3. The molecule has 15 heteroatoms. The third-order valence-corrected chi connectivity index (χ3v) is 25.7. The normalized spacial score (nSPS) is 11.8. The van der Waals surface area contributed by atoms with Crippen molar-refractivity contribution in [2.45, 2.75) is 212 Å². The fourth-order valence-electron chi connectivity index (χ4n) is 18.8. The first-order valence-electron chi connectivity index (χ1n) is 45.9. The number of carbonyl (C=O) groups excluding carboxylic acids is 6. The Morgan fingerprint density at radius 1 is 0.220 bits per heavy atom. The quantitative estimate of drug-likeness (QED) is 0.00544. The van der Waals surface area contributed by atoms with E-state index in [9.17, 15) is 28.8 Å². The number of amides is 3. The van der Waals surface area contributed by atoms with Crippen LogP contribution in [0.2, 0.25) is 0 Å². The molecule has 3 N–H and O–H groups in total. The summed E-state index contributed by atoms with van der Waals surface area (Å²) in [6, 6.07) is 69.2. The van der Waals surface area contributed by atoms with Gasteiger partial charge in [-0.05, 0) is 251 Å². The van der Waals surface area contributed by atoms with Gasteiger partial charge < -0.3 is 30.2 Å². The largest absolute Gasteiger partial charge is 0.466 e. The lowest BCUT2D eigenvalue weighted by molar-refractivity contribution is -0.144. The molecule has 12 nitrogen and oxygen atoms in total. The van der Waals surface area contributed by atoms with E-state index in [1.165, 1.54) is 195 Å². The lowest BCUT2D eigenvalue weighted by atomic mass is 9.81. The van der Waals surface area contributed by atoms with Crippen molar-refractivity contribution in [3.05, 3.63) is 205 Å². The number of fused-ring (bicyclic) bond motifs is 2. The highest BCUT2D eigenvalue weighted by Gasteiger charge is 2.23. The number of nitrogens with one attached hydrogen (secondary N) is 3. The number of hydrogen-bond acceptors (Lipinski definition) is 12. The van der Waals surface area contributed by atoms with Gasteiger partial charge in [0.2, 0.25) is 17.7 Å². The molecule has 0 fully saturated rings. The number of ether oxygens (including phenoxy) is 3. The number of rotatable bonds is 48. The standard InChI is InChI=1S/C40H41NO3S.C36H41NO3S.C32H39NO3S/c42-33(21-24-45)41-22-6-4-2-1-3-5-7-23-44-34(43)10-8-9-30-25-31-18-17-28-14-12-26-11-13-27-15-16-29-19-20-32(30)40-38(29)36(27)35(26)37(28)39(31)40;38-33(22-25-41)37-23-6-4-2-1-3-5-7-24-40-34(39)19-10-12-26-20-21-32-30-17-9-14-27-13-8-16-29(35(27)30)31-18-11-15-28(26)36(31)32;34-29(20-23-37)33-21-6-4-2-1-3-5-7-22-36-30(35)13-9-10-24-14-15-27-17-16-25-11-8-12-26-18-19-28(24)32(27)31(25)26/h11-20,25,45H,1-10,21-24H2,(H,41,42);8-9,11,13-18,20-21,41H,1-7,10,12,19,22-25H2,(H,37,38);8,11-12,14-19,37H,1-7,9-10,13,20-23H2,(H,33,34). The summed E-state index contributed by atoms with van der Waals surface area (Å²) in [5.74, 6) is 1.82. The molecule has 0 aliphatic carbocycles. The molecule has 0 aromatic heterocycles. The van der Waals surface area contributed by atoms with Crippen LogP contribution in [-0.4, -0.2) is 92.3 Å². The van der Waals surface area contributed by atoms with Crippen LogP contribution in [0.3, 0.4) is 0 Å². The van der Waals surface area contributed by atoms with E-state index in [2.05, 4.69) is 242 Å². The lowest BCUT2D eigenvalue weighted by Gasteiger charge is -2.22. The Morgan fingerprint density at radius 2 is 0.488 bits per heavy atom. The lowest BCUT2D eigenvalue weighted by Crippen LogP contribution is -2.24. The first-order valence-corrected chi connectivity index (χ1v) is 47.8. The van der Waals surface area contributed by atoms with Crippen molar-refractivity contribution >= 4 is 214 Å². The second kappa shape index (κ2) is 45.6. The van der Waals surface area contributed by atoms with Crippen LogP contribution in [0.1, 0.15) is 209 Å². The number of hydrogen-bond donors (Lipinski definition) is 6. The summed E-state index contributed by atoms with van der Waals surface area (Å²) in [5, 5.41) is 43.1. The highest BCUT2D eigenvalue weighted by molar-refractivity contribution is 7.80. The van der Waals surface area contributed by atoms with E-state index < -0.39 is 0 Å². The molecule has 0 unspecified atom stereocenters. The van der Waals surface area contributed by atoms with Crippen LogP contribution in [0.4, 0.5) is 0 Å². The van der Waals surface area contributed by atoms with Gasteiger partial charge in [0.25, 0.3) is 0 Å². The average molecular weight is 1700 g/mol. The van der Waals surface area contributed by atoms with Gasteiger partial charge in [-0.2, -0.15) is 37.9 Å². The number of carbonyl (C=O) groups is 6. The number of benzene rings is 16. The Bertz CT molecular complexity index is 6040. The van der Waals surface area contributed by atoms with Crippen molar-refractivity contribution < 1.29 is 43.0 Å². The summed E-state index contributed by atoms with van der Waals surface area (Å²) in [5.41, 5.74) is 3.92. The summed E-state index contributed by atoms with van der Waals surface area (Å²) >= 11 is 12.2. The van der Waals surface area contributed by atoms with Gasteiger partial charge in [0.1, 0.15) is 0 Å². The van der Waals surface area contributed by atoms with E-state index in [0.717, 1.165) is 154 Å². The zero-order valence-electron chi connectivity index (χ0n) is 71.6. The Morgan fingerprint density at radius 3 is 0.911 bits per heavy atom. The molecule has 0 atom stereocenters. The summed E-state index contributed by atoms with van der Waals surface area (Å²) in [6.07, 6.45) is 31.0. The molecule has 0 spiro atoms. The second-order valence-electron chi connectivity index (χ2n) is 33.7. The highest BCUT2D eigenvalue weighted by atomic mass is 32.1. The average Bonchev–Trinajstić information content (AvgIpc) is 0.684. The Kier molecular flexibility index (Phi) is 33.1. The fraction of sp³-hybridized carbons (Fsp3) is 0.389. The van der Waals surface area contributed by atoms with Crippen LogP contribution in [0.15, 0.2) is 188 Å². The van der Waals surface area contributed by atoms with E-state index >= 15 is 0 Å². The van der Waals surface area contributed by atoms with Crippen molar-refractivity contribution in [1.29, 1.82) is 0 Å². The molecule has 16 rings (SSSR count). The fourth-order valence-corrected chi connectivity index (χ4v) is 19.4. The predicted octanol–water partition coefficient (Wildman–Crippen LogP) is 26.3. The smallest absolute Gasteiger partial charge is 0.305 e. The van der Waals surface area contributed by atoms with Crippen molar-refractivity contribution in [2.75, 3.05) is 56.7 Å². The van der Waals surface area contributed by atoms with Crippen molar-refractivity contribution in [2.24, 2.45) is 0 Å². The molecule has 16 aromatic rings. The maximum Gasteiger partial charge on any atom is 0.305 e. The molecule has 123 heavy (non-hydrogen) atoms. The van der Waals surface area contributed by atoms with Crippen molar-refractivity contribution in [3.63, 3.8) is 0 Å². The monoisotopic (exact) mass is 1700 g/mol. The van der Waals surface area contributed by atoms with Gasteiger partial charge in [0.15, 0.2) is 0 Å². The number of unbranched alkanes of at least 4 members (excludes halogenated alkanes) is 18. The second-order valence-corrected chi connectivity index (χ2v) is 35.0. The molecule has 0 radical (unpaired) electrons. The van der Waals surface area contributed by atoms with Gasteiger partial charge >= 0.3 is 17.9 Å². The first kappa shape index (κ1) is 89.4. The molecule has 16 aromatic carbocycles. The van der Waals surface area contributed by atoms with Gasteiger partial charge in [0.05, 0.1) is 19.8 Å². The minimum Gasteiger partial charge on any atom is -0.466 e. The minimum absolute atomic E-state index is 0.0855. The zero-order valence-corrected chi connectivity index (χ0v) is 74.3. The number of thiol groups is 3. The van der Waals surface area contributed by atoms with Crippen molar-refractivity contribution in [3.8, 4) is 0 Å². The van der Waals surface area contributed by atoms with Gasteiger partial charge in [-0.1, -0.05) is 284 Å². The molecule has 0 saturated heterocycles. The third-order valence-electron chi connectivity index (χ3n) is 25.0. The van der Waals surface area contributed by atoms with Crippen LogP contribution in [0.5, 0.6) is 0 Å². The maximum atomic E-state index is 12.6. The molecule has 0 heterocycles. The van der Waals surface area contributed by atoms with Crippen LogP contribution < -0.4 is 16.0 Å². The molecule has 0 saturated carbocycles. The summed E-state index contributed by atoms with van der Waals surface area (Å²) in [7, 11) is 0. The van der Waals surface area contributed by atoms with Gasteiger partial charge in [0, 0.05) is 58.2 Å². The zero-order chi connectivity index (χ0) is 85.1. The molecule has 640 valence electrons.